The minimum atomic E-state index is 0. The van der Waals surface area contributed by atoms with Gasteiger partial charge in [-0.25, -0.2) is 0 Å². The van der Waals surface area contributed by atoms with E-state index in [-0.39, 0.29) is 22.5 Å². The van der Waals surface area contributed by atoms with Gasteiger partial charge < -0.3 is 12.6 Å². The molecule has 0 spiro atoms. The summed E-state index contributed by atoms with van der Waals surface area (Å²) < 4.78 is 0. The summed E-state index contributed by atoms with van der Waals surface area (Å²) in [6.07, 6.45) is 2.68. The van der Waals surface area contributed by atoms with Crippen molar-refractivity contribution >= 4 is 12.6 Å². The van der Waals surface area contributed by atoms with Crippen LogP contribution in [0.15, 0.2) is 23.1 Å². The Morgan fingerprint density at radius 3 is 2.28 bits per heavy atom. The summed E-state index contributed by atoms with van der Waals surface area (Å²) in [5, 5.41) is 0. The van der Waals surface area contributed by atoms with Crippen LogP contribution in [-0.2, 0) is 41.7 Å². The predicted molar refractivity (Wildman–Crippen MR) is 75.3 cm³/mol. The summed E-state index contributed by atoms with van der Waals surface area (Å²) >= 11 is 5.52. The smallest absolute Gasteiger partial charge is 0.779 e. The van der Waals surface area contributed by atoms with Gasteiger partial charge in [0.05, 0.1) is 0 Å². The molecule has 1 saturated heterocycles. The van der Waals surface area contributed by atoms with Crippen LogP contribution >= 0.6 is 0 Å². The van der Waals surface area contributed by atoms with Crippen molar-refractivity contribution in [2.45, 2.75) is 50.5 Å². The first-order valence-corrected chi connectivity index (χ1v) is 6.90. The molecular weight excluding hydrogens is 290 g/mol. The zero-order chi connectivity index (χ0) is 12.5. The average molecular weight is 312 g/mol. The fourth-order valence-electron chi connectivity index (χ4n) is 2.33. The van der Waals surface area contributed by atoms with E-state index in [1.165, 1.54) is 37.1 Å². The molecular formula is C15H22CuNS. The van der Waals surface area contributed by atoms with Crippen molar-refractivity contribution in [3.63, 3.8) is 0 Å². The molecule has 0 aromatic heterocycles. The number of hydrogen-bond acceptors (Lipinski definition) is 2. The van der Waals surface area contributed by atoms with Crippen molar-refractivity contribution in [1.29, 1.82) is 0 Å². The van der Waals surface area contributed by atoms with Crippen molar-refractivity contribution in [3.05, 3.63) is 29.3 Å². The van der Waals surface area contributed by atoms with E-state index in [0.29, 0.717) is 0 Å². The van der Waals surface area contributed by atoms with E-state index >= 15 is 0 Å². The van der Waals surface area contributed by atoms with Gasteiger partial charge in [-0.3, -0.25) is 4.90 Å². The van der Waals surface area contributed by atoms with Gasteiger partial charge in [0.2, 0.25) is 0 Å². The second-order valence-corrected chi connectivity index (χ2v) is 6.50. The molecule has 0 N–H and O–H groups in total. The Balaban J connectivity index is 0.00000162. The Kier molecular flexibility index (Phi) is 5.66. The molecule has 1 nitrogen and oxygen atoms in total. The van der Waals surface area contributed by atoms with Gasteiger partial charge in [-0.15, -0.1) is 0 Å². The number of likely N-dealkylation sites (tertiary alicyclic amines) is 1. The summed E-state index contributed by atoms with van der Waals surface area (Å²) in [5.41, 5.74) is 2.85. The first kappa shape index (κ1) is 16.0. The van der Waals surface area contributed by atoms with Crippen molar-refractivity contribution in [2.75, 3.05) is 13.1 Å². The van der Waals surface area contributed by atoms with Crippen LogP contribution < -0.4 is 0 Å². The molecule has 1 heterocycles. The molecule has 1 aromatic carbocycles. The minimum Gasteiger partial charge on any atom is -0.779 e. The van der Waals surface area contributed by atoms with Crippen LogP contribution in [0.4, 0.5) is 0 Å². The van der Waals surface area contributed by atoms with Crippen LogP contribution in [0.3, 0.4) is 0 Å². The van der Waals surface area contributed by atoms with Gasteiger partial charge in [0, 0.05) is 6.54 Å². The quantitative estimate of drug-likeness (QED) is 0.607. The van der Waals surface area contributed by atoms with Gasteiger partial charge in [-0.1, -0.05) is 44.5 Å². The van der Waals surface area contributed by atoms with Gasteiger partial charge in [0.15, 0.2) is 0 Å². The van der Waals surface area contributed by atoms with Gasteiger partial charge in [0.25, 0.3) is 0 Å². The maximum Gasteiger partial charge on any atom is 1.00 e. The molecule has 1 fully saturated rings. The van der Waals surface area contributed by atoms with E-state index in [9.17, 15) is 0 Å². The van der Waals surface area contributed by atoms with E-state index in [0.717, 1.165) is 11.4 Å². The van der Waals surface area contributed by atoms with E-state index in [4.69, 9.17) is 12.6 Å². The Bertz CT molecular complexity index is 392. The van der Waals surface area contributed by atoms with Crippen molar-refractivity contribution in [1.82, 2.24) is 4.90 Å². The Morgan fingerprint density at radius 2 is 1.78 bits per heavy atom. The van der Waals surface area contributed by atoms with Crippen LogP contribution in [0, 0.1) is 0 Å². The predicted octanol–water partition coefficient (Wildman–Crippen LogP) is 3.48. The number of benzene rings is 1. The van der Waals surface area contributed by atoms with Crippen LogP contribution in [-0.4, -0.2) is 18.0 Å². The summed E-state index contributed by atoms with van der Waals surface area (Å²) in [4.78, 5) is 3.53. The SMILES string of the molecule is CC(C)(C)c1ccc(CN2CCCC2)c([S-])c1.[Cu+]. The molecule has 0 radical (unpaired) electrons. The second-order valence-electron chi connectivity index (χ2n) is 6.06. The van der Waals surface area contributed by atoms with Gasteiger partial charge in [0.1, 0.15) is 0 Å². The third kappa shape index (κ3) is 3.96. The largest absolute Gasteiger partial charge is 1.00 e. The molecule has 1 aromatic rings. The molecule has 0 atom stereocenters. The van der Waals surface area contributed by atoms with Gasteiger partial charge in [-0.05, 0) is 36.9 Å². The number of nitrogens with zero attached hydrogens (tertiary/aromatic N) is 1. The maximum atomic E-state index is 5.52. The minimum absolute atomic E-state index is 0. The fourth-order valence-corrected chi connectivity index (χ4v) is 2.59. The normalized spacial score (nSPS) is 16.6. The first-order valence-electron chi connectivity index (χ1n) is 6.49. The molecule has 0 bridgehead atoms. The average Bonchev–Trinajstić information content (AvgIpc) is 2.72. The molecule has 104 valence electrons. The van der Waals surface area contributed by atoms with Crippen LogP contribution in [0.2, 0.25) is 0 Å². The van der Waals surface area contributed by atoms with E-state index in [1.807, 2.05) is 0 Å². The van der Waals surface area contributed by atoms with Gasteiger partial charge >= 0.3 is 17.1 Å². The Labute approximate surface area is 127 Å². The molecule has 0 unspecified atom stereocenters. The fraction of sp³-hybridized carbons (Fsp3) is 0.600. The summed E-state index contributed by atoms with van der Waals surface area (Å²) in [5.74, 6) is 0. The first-order chi connectivity index (χ1) is 7.97. The van der Waals surface area contributed by atoms with E-state index in [2.05, 4.69) is 43.9 Å². The molecule has 2 rings (SSSR count). The van der Waals surface area contributed by atoms with E-state index in [1.54, 1.807) is 0 Å². The monoisotopic (exact) mass is 311 g/mol. The summed E-state index contributed by atoms with van der Waals surface area (Å²) in [6.45, 7) is 10.2. The molecule has 1 aliphatic rings. The zero-order valence-corrected chi connectivity index (χ0v) is 13.2. The molecule has 1 aliphatic heterocycles. The summed E-state index contributed by atoms with van der Waals surface area (Å²) in [6, 6.07) is 6.64. The standard InChI is InChI=1S/C15H23NS.Cu/c1-15(2,3)13-7-6-12(14(17)10-13)11-16-8-4-5-9-16;/h6-7,10,17H,4-5,8-9,11H2,1-3H3;/q;+1/p-1. The summed E-state index contributed by atoms with van der Waals surface area (Å²) in [7, 11) is 0. The van der Waals surface area contributed by atoms with Crippen LogP contribution in [0.25, 0.3) is 0 Å². The zero-order valence-electron chi connectivity index (χ0n) is 11.4. The number of hydrogen-bond donors (Lipinski definition) is 0. The molecule has 0 amide bonds. The van der Waals surface area contributed by atoms with Crippen LogP contribution in [0.5, 0.6) is 0 Å². The van der Waals surface area contributed by atoms with E-state index < -0.39 is 0 Å². The van der Waals surface area contributed by atoms with Crippen molar-refractivity contribution in [2.24, 2.45) is 0 Å². The van der Waals surface area contributed by atoms with Crippen molar-refractivity contribution < 1.29 is 17.1 Å². The van der Waals surface area contributed by atoms with Crippen LogP contribution in [0.1, 0.15) is 44.7 Å². The molecule has 18 heavy (non-hydrogen) atoms. The molecule has 0 saturated carbocycles. The topological polar surface area (TPSA) is 3.24 Å². The third-order valence-electron chi connectivity index (χ3n) is 3.53. The molecule has 0 aliphatic carbocycles. The van der Waals surface area contributed by atoms with Crippen molar-refractivity contribution in [3.8, 4) is 0 Å². The Hall–Kier alpha value is -0.0805. The second kappa shape index (κ2) is 6.38. The third-order valence-corrected chi connectivity index (χ3v) is 3.91. The maximum absolute atomic E-state index is 5.52. The Morgan fingerprint density at radius 1 is 1.17 bits per heavy atom. The molecule has 3 heteroatoms. The van der Waals surface area contributed by atoms with Gasteiger partial charge in [-0.2, -0.15) is 4.90 Å². The number of rotatable bonds is 2.